The Kier molecular flexibility index (Phi) is 3.88. The van der Waals surface area contributed by atoms with Crippen molar-refractivity contribution in [3.63, 3.8) is 0 Å². The van der Waals surface area contributed by atoms with Crippen molar-refractivity contribution in [2.75, 3.05) is 7.11 Å². The largest absolute Gasteiger partial charge is 0.494 e. The highest BCUT2D eigenvalue weighted by molar-refractivity contribution is 5.29. The third-order valence-corrected chi connectivity index (χ3v) is 2.39. The van der Waals surface area contributed by atoms with Crippen molar-refractivity contribution in [1.29, 1.82) is 0 Å². The molecule has 0 spiro atoms. The number of halogens is 1. The van der Waals surface area contributed by atoms with Crippen LogP contribution in [-0.4, -0.2) is 17.3 Å². The first kappa shape index (κ1) is 12.5. The Balaban J connectivity index is 1.88. The number of nitrogens with zero attached hydrogens (tertiary/aromatic N) is 2. The lowest BCUT2D eigenvalue weighted by Gasteiger charge is -2.05. The molecule has 0 fully saturated rings. The first-order chi connectivity index (χ1) is 8.69. The fourth-order valence-corrected chi connectivity index (χ4v) is 1.55. The van der Waals surface area contributed by atoms with Crippen LogP contribution in [0.1, 0.15) is 17.3 Å². The maximum absolute atomic E-state index is 13.4. The molecule has 0 aliphatic heterocycles. The third kappa shape index (κ3) is 3.04. The third-order valence-electron chi connectivity index (χ3n) is 2.39. The van der Waals surface area contributed by atoms with Gasteiger partial charge >= 0.3 is 0 Å². The van der Waals surface area contributed by atoms with Gasteiger partial charge in [0.1, 0.15) is 0 Å². The van der Waals surface area contributed by atoms with Gasteiger partial charge in [-0.25, -0.2) is 4.39 Å². The van der Waals surface area contributed by atoms with Crippen molar-refractivity contribution in [3.8, 4) is 5.75 Å². The Morgan fingerprint density at radius 2 is 2.22 bits per heavy atom. The maximum atomic E-state index is 13.4. The molecule has 1 N–H and O–H groups in total. The molecule has 0 atom stereocenters. The van der Waals surface area contributed by atoms with Gasteiger partial charge in [0.2, 0.25) is 5.89 Å². The molecule has 0 bridgehead atoms. The molecule has 2 rings (SSSR count). The monoisotopic (exact) mass is 251 g/mol. The molecule has 2 aromatic rings. The van der Waals surface area contributed by atoms with Crippen LogP contribution in [0.2, 0.25) is 0 Å². The van der Waals surface area contributed by atoms with Gasteiger partial charge in [0.15, 0.2) is 17.4 Å². The molecule has 0 unspecified atom stereocenters. The zero-order valence-corrected chi connectivity index (χ0v) is 10.2. The topological polar surface area (TPSA) is 60.2 Å². The summed E-state index contributed by atoms with van der Waals surface area (Å²) < 4.78 is 23.2. The van der Waals surface area contributed by atoms with Gasteiger partial charge in [0.25, 0.3) is 0 Å². The van der Waals surface area contributed by atoms with E-state index in [1.54, 1.807) is 19.1 Å². The molecule has 5 nitrogen and oxygen atoms in total. The zero-order chi connectivity index (χ0) is 13.0. The molecule has 18 heavy (non-hydrogen) atoms. The fourth-order valence-electron chi connectivity index (χ4n) is 1.55. The van der Waals surface area contributed by atoms with Crippen LogP contribution < -0.4 is 10.1 Å². The molecule has 1 heterocycles. The predicted molar refractivity (Wildman–Crippen MR) is 62.5 cm³/mol. The van der Waals surface area contributed by atoms with Crippen LogP contribution in [0.5, 0.6) is 5.75 Å². The van der Waals surface area contributed by atoms with Crippen LogP contribution in [0.3, 0.4) is 0 Å². The standard InChI is InChI=1S/C12H14FN3O2/c1-8-15-12(18-16-8)7-14-6-9-3-4-11(17-2)10(13)5-9/h3-5,14H,6-7H2,1-2H3. The van der Waals surface area contributed by atoms with Gasteiger partial charge in [-0.3, -0.25) is 0 Å². The molecule has 1 aromatic heterocycles. The number of hydrogen-bond acceptors (Lipinski definition) is 5. The van der Waals surface area contributed by atoms with E-state index in [1.807, 2.05) is 0 Å². The summed E-state index contributed by atoms with van der Waals surface area (Å²) in [6.07, 6.45) is 0. The highest BCUT2D eigenvalue weighted by Crippen LogP contribution is 2.17. The average Bonchev–Trinajstić information content (AvgIpc) is 2.75. The van der Waals surface area contributed by atoms with E-state index in [9.17, 15) is 4.39 Å². The smallest absolute Gasteiger partial charge is 0.240 e. The van der Waals surface area contributed by atoms with Gasteiger partial charge in [0, 0.05) is 6.54 Å². The van der Waals surface area contributed by atoms with Crippen LogP contribution in [0, 0.1) is 12.7 Å². The molecular formula is C12H14FN3O2. The van der Waals surface area contributed by atoms with Crippen molar-refractivity contribution >= 4 is 0 Å². The maximum Gasteiger partial charge on any atom is 0.240 e. The SMILES string of the molecule is COc1ccc(CNCc2nc(C)no2)cc1F. The summed E-state index contributed by atoms with van der Waals surface area (Å²) in [6, 6.07) is 4.84. The van der Waals surface area contributed by atoms with Crippen LogP contribution in [0.25, 0.3) is 0 Å². The van der Waals surface area contributed by atoms with Crippen molar-refractivity contribution in [1.82, 2.24) is 15.5 Å². The minimum Gasteiger partial charge on any atom is -0.494 e. The lowest BCUT2D eigenvalue weighted by molar-refractivity contribution is 0.364. The second kappa shape index (κ2) is 5.59. The van der Waals surface area contributed by atoms with Gasteiger partial charge in [-0.2, -0.15) is 4.98 Å². The molecule has 0 aliphatic rings. The number of methoxy groups -OCH3 is 1. The molecule has 1 aromatic carbocycles. The second-order valence-corrected chi connectivity index (χ2v) is 3.81. The number of ether oxygens (including phenoxy) is 1. The van der Waals surface area contributed by atoms with E-state index < -0.39 is 0 Å². The lowest BCUT2D eigenvalue weighted by atomic mass is 10.2. The van der Waals surface area contributed by atoms with E-state index in [0.717, 1.165) is 5.56 Å². The second-order valence-electron chi connectivity index (χ2n) is 3.81. The molecule has 0 radical (unpaired) electrons. The molecule has 0 saturated carbocycles. The number of aromatic nitrogens is 2. The highest BCUT2D eigenvalue weighted by Gasteiger charge is 2.05. The van der Waals surface area contributed by atoms with E-state index in [-0.39, 0.29) is 11.6 Å². The first-order valence-corrected chi connectivity index (χ1v) is 5.51. The van der Waals surface area contributed by atoms with Gasteiger partial charge in [-0.1, -0.05) is 11.2 Å². The van der Waals surface area contributed by atoms with Crippen LogP contribution in [0.4, 0.5) is 4.39 Å². The lowest BCUT2D eigenvalue weighted by Crippen LogP contribution is -2.13. The Hall–Kier alpha value is -1.95. The number of hydrogen-bond donors (Lipinski definition) is 1. The minimum absolute atomic E-state index is 0.242. The molecular weight excluding hydrogens is 237 g/mol. The number of nitrogens with one attached hydrogen (secondary N) is 1. The quantitative estimate of drug-likeness (QED) is 0.878. The van der Waals surface area contributed by atoms with E-state index in [2.05, 4.69) is 15.5 Å². The van der Waals surface area contributed by atoms with Crippen molar-refractivity contribution in [2.45, 2.75) is 20.0 Å². The van der Waals surface area contributed by atoms with E-state index >= 15 is 0 Å². The Bertz CT molecular complexity index is 528. The summed E-state index contributed by atoms with van der Waals surface area (Å²) in [5.74, 6) is 0.987. The Morgan fingerprint density at radius 1 is 1.39 bits per heavy atom. The van der Waals surface area contributed by atoms with Gasteiger partial charge in [0.05, 0.1) is 13.7 Å². The first-order valence-electron chi connectivity index (χ1n) is 5.51. The summed E-state index contributed by atoms with van der Waals surface area (Å²) in [5, 5.41) is 6.77. The summed E-state index contributed by atoms with van der Waals surface area (Å²) in [4.78, 5) is 4.05. The molecule has 96 valence electrons. The summed E-state index contributed by atoms with van der Waals surface area (Å²) in [6.45, 7) is 2.72. The number of benzene rings is 1. The Labute approximate surface area is 104 Å². The van der Waals surface area contributed by atoms with E-state index in [1.165, 1.54) is 13.2 Å². The highest BCUT2D eigenvalue weighted by atomic mass is 19.1. The number of aryl methyl sites for hydroxylation is 1. The van der Waals surface area contributed by atoms with Crippen LogP contribution >= 0.6 is 0 Å². The minimum atomic E-state index is -0.370. The molecule has 6 heteroatoms. The van der Waals surface area contributed by atoms with Gasteiger partial charge in [-0.15, -0.1) is 0 Å². The van der Waals surface area contributed by atoms with Crippen molar-refractivity contribution in [3.05, 3.63) is 41.3 Å². The Morgan fingerprint density at radius 3 is 2.83 bits per heavy atom. The fraction of sp³-hybridized carbons (Fsp3) is 0.333. The molecule has 0 aliphatic carbocycles. The number of rotatable bonds is 5. The van der Waals surface area contributed by atoms with E-state index in [4.69, 9.17) is 9.26 Å². The molecule has 0 saturated heterocycles. The summed E-state index contributed by atoms with van der Waals surface area (Å²) in [7, 11) is 1.44. The van der Waals surface area contributed by atoms with E-state index in [0.29, 0.717) is 24.8 Å². The van der Waals surface area contributed by atoms with Gasteiger partial charge < -0.3 is 14.6 Å². The van der Waals surface area contributed by atoms with Crippen LogP contribution in [-0.2, 0) is 13.1 Å². The summed E-state index contributed by atoms with van der Waals surface area (Å²) in [5.41, 5.74) is 0.824. The predicted octanol–water partition coefficient (Wildman–Crippen LogP) is 1.82. The average molecular weight is 251 g/mol. The molecule has 0 amide bonds. The van der Waals surface area contributed by atoms with Crippen LogP contribution in [0.15, 0.2) is 22.7 Å². The van der Waals surface area contributed by atoms with Crippen molar-refractivity contribution in [2.24, 2.45) is 0 Å². The van der Waals surface area contributed by atoms with Gasteiger partial charge in [-0.05, 0) is 24.6 Å². The van der Waals surface area contributed by atoms with Crippen molar-refractivity contribution < 1.29 is 13.7 Å². The zero-order valence-electron chi connectivity index (χ0n) is 10.2. The normalized spacial score (nSPS) is 10.6. The summed E-state index contributed by atoms with van der Waals surface area (Å²) >= 11 is 0.